The molecule has 0 amide bonds. The molecular formula is C8H16I2O2. The average molecular weight is 398 g/mol. The molecule has 0 saturated heterocycles. The van der Waals surface area contributed by atoms with Gasteiger partial charge in [-0.2, -0.15) is 0 Å². The van der Waals surface area contributed by atoms with E-state index >= 15 is 0 Å². The van der Waals surface area contributed by atoms with Crippen LogP contribution >= 0.6 is 45.2 Å². The van der Waals surface area contributed by atoms with Crippen LogP contribution in [0.2, 0.25) is 0 Å². The minimum absolute atomic E-state index is 0.0335. The minimum atomic E-state index is -0.0335. The Morgan fingerprint density at radius 1 is 1.08 bits per heavy atom. The van der Waals surface area contributed by atoms with Crippen LogP contribution in [0, 0.1) is 0 Å². The van der Waals surface area contributed by atoms with Crippen LogP contribution in [0.4, 0.5) is 0 Å². The van der Waals surface area contributed by atoms with E-state index in [-0.39, 0.29) is 14.5 Å². The summed E-state index contributed by atoms with van der Waals surface area (Å²) in [6, 6.07) is 0. The quantitative estimate of drug-likeness (QED) is 0.386. The number of rotatable bonds is 6. The summed E-state index contributed by atoms with van der Waals surface area (Å²) in [5, 5.41) is 0. The van der Waals surface area contributed by atoms with E-state index in [0.29, 0.717) is 0 Å². The zero-order chi connectivity index (χ0) is 9.56. The lowest BCUT2D eigenvalue weighted by Crippen LogP contribution is -2.22. The molecule has 0 aromatic heterocycles. The molecule has 0 rings (SSSR count). The first-order chi connectivity index (χ1) is 5.56. The lowest BCUT2D eigenvalue weighted by Gasteiger charge is -2.20. The highest BCUT2D eigenvalue weighted by Gasteiger charge is 2.12. The maximum absolute atomic E-state index is 5.56. The molecule has 0 aromatic rings. The largest absolute Gasteiger partial charge is 0.339 e. The third-order valence-corrected chi connectivity index (χ3v) is 1.79. The van der Waals surface area contributed by atoms with Crippen LogP contribution in [0.3, 0.4) is 0 Å². The monoisotopic (exact) mass is 398 g/mol. The zero-order valence-electron chi connectivity index (χ0n) is 7.72. The van der Waals surface area contributed by atoms with E-state index in [9.17, 15) is 0 Å². The Bertz CT molecular complexity index is 97.2. The lowest BCUT2D eigenvalue weighted by molar-refractivity contribution is -0.148. The predicted octanol–water partition coefficient (Wildman–Crippen LogP) is 3.71. The van der Waals surface area contributed by atoms with Crippen molar-refractivity contribution in [1.29, 1.82) is 0 Å². The highest BCUT2D eigenvalue weighted by Crippen LogP contribution is 2.15. The van der Waals surface area contributed by atoms with E-state index in [1.54, 1.807) is 0 Å². The fourth-order valence-electron chi connectivity index (χ4n) is 0.822. The summed E-state index contributed by atoms with van der Waals surface area (Å²) in [4.78, 5) is 0. The highest BCUT2D eigenvalue weighted by atomic mass is 127. The SMILES string of the molecule is CCCC(OC(C)I)OC(C)I. The second-order valence-electron chi connectivity index (χ2n) is 2.58. The van der Waals surface area contributed by atoms with Crippen LogP contribution in [0.15, 0.2) is 0 Å². The van der Waals surface area contributed by atoms with Crippen LogP contribution in [0.25, 0.3) is 0 Å². The second-order valence-corrected chi connectivity index (χ2v) is 6.08. The number of hydrogen-bond acceptors (Lipinski definition) is 2. The van der Waals surface area contributed by atoms with Gasteiger partial charge in [-0.15, -0.1) is 0 Å². The Hall–Kier alpha value is 1.38. The molecule has 74 valence electrons. The van der Waals surface area contributed by atoms with Gasteiger partial charge in [0.1, 0.15) is 8.22 Å². The molecule has 2 nitrogen and oxygen atoms in total. The molecular weight excluding hydrogens is 382 g/mol. The molecule has 0 N–H and O–H groups in total. The molecule has 0 saturated carbocycles. The minimum Gasteiger partial charge on any atom is -0.339 e. The Labute approximate surface area is 102 Å². The first kappa shape index (κ1) is 13.4. The molecule has 4 heteroatoms. The zero-order valence-corrected chi connectivity index (χ0v) is 12.0. The summed E-state index contributed by atoms with van der Waals surface area (Å²) < 4.78 is 11.6. The van der Waals surface area contributed by atoms with E-state index in [2.05, 4.69) is 52.1 Å². The lowest BCUT2D eigenvalue weighted by atomic mass is 10.3. The van der Waals surface area contributed by atoms with E-state index < -0.39 is 0 Å². The smallest absolute Gasteiger partial charge is 0.160 e. The summed E-state index contributed by atoms with van der Waals surface area (Å²) in [5.74, 6) is 0. The Morgan fingerprint density at radius 3 is 1.75 bits per heavy atom. The Morgan fingerprint density at radius 2 is 1.50 bits per heavy atom. The molecule has 2 unspecified atom stereocenters. The van der Waals surface area contributed by atoms with Crippen molar-refractivity contribution in [3.8, 4) is 0 Å². The molecule has 0 aliphatic carbocycles. The van der Waals surface area contributed by atoms with Gasteiger partial charge < -0.3 is 9.47 Å². The first-order valence-electron chi connectivity index (χ1n) is 4.15. The molecule has 12 heavy (non-hydrogen) atoms. The Balaban J connectivity index is 3.69. The Kier molecular flexibility index (Phi) is 8.64. The third kappa shape index (κ3) is 8.00. The van der Waals surface area contributed by atoms with Gasteiger partial charge in [0.25, 0.3) is 0 Å². The summed E-state index contributed by atoms with van der Waals surface area (Å²) in [6.45, 7) is 6.17. The number of alkyl halides is 2. The maximum Gasteiger partial charge on any atom is 0.160 e. The topological polar surface area (TPSA) is 18.5 Å². The molecule has 0 spiro atoms. The van der Waals surface area contributed by atoms with Crippen molar-refractivity contribution in [2.24, 2.45) is 0 Å². The predicted molar refractivity (Wildman–Crippen MR) is 67.8 cm³/mol. The standard InChI is InChI=1S/C8H16I2O2/c1-4-5-8(11-6(2)9)12-7(3)10/h6-8H,4-5H2,1-3H3. The number of hydrogen-bond donors (Lipinski definition) is 0. The van der Waals surface area contributed by atoms with E-state index in [4.69, 9.17) is 9.47 Å². The van der Waals surface area contributed by atoms with Gasteiger partial charge >= 0.3 is 0 Å². The molecule has 0 aliphatic rings. The van der Waals surface area contributed by atoms with E-state index in [1.807, 2.05) is 13.8 Å². The van der Waals surface area contributed by atoms with Gasteiger partial charge in [0, 0.05) is 0 Å². The van der Waals surface area contributed by atoms with Crippen molar-refractivity contribution in [2.45, 2.75) is 48.1 Å². The van der Waals surface area contributed by atoms with Crippen molar-refractivity contribution in [1.82, 2.24) is 0 Å². The first-order valence-corrected chi connectivity index (χ1v) is 6.64. The van der Waals surface area contributed by atoms with E-state index in [0.717, 1.165) is 12.8 Å². The molecule has 0 bridgehead atoms. The maximum atomic E-state index is 5.56. The summed E-state index contributed by atoms with van der Waals surface area (Å²) in [7, 11) is 0. The molecule has 0 heterocycles. The second kappa shape index (κ2) is 7.75. The number of ether oxygens (including phenoxy) is 2. The highest BCUT2D eigenvalue weighted by molar-refractivity contribution is 14.1. The molecule has 0 aliphatic heterocycles. The molecule has 2 atom stereocenters. The fourth-order valence-corrected chi connectivity index (χ4v) is 1.48. The number of halogens is 2. The van der Waals surface area contributed by atoms with E-state index in [1.165, 1.54) is 0 Å². The van der Waals surface area contributed by atoms with Gasteiger partial charge in [-0.3, -0.25) is 0 Å². The molecule has 0 radical (unpaired) electrons. The van der Waals surface area contributed by atoms with Crippen molar-refractivity contribution in [2.75, 3.05) is 0 Å². The van der Waals surface area contributed by atoms with Gasteiger partial charge in [0.2, 0.25) is 0 Å². The van der Waals surface area contributed by atoms with Crippen molar-refractivity contribution >= 4 is 45.2 Å². The van der Waals surface area contributed by atoms with Gasteiger partial charge in [-0.25, -0.2) is 0 Å². The van der Waals surface area contributed by atoms with Crippen molar-refractivity contribution in [3.63, 3.8) is 0 Å². The van der Waals surface area contributed by atoms with Crippen LogP contribution < -0.4 is 0 Å². The molecule has 0 aromatic carbocycles. The van der Waals surface area contributed by atoms with Crippen LogP contribution in [0.1, 0.15) is 33.6 Å². The molecule has 0 fully saturated rings. The average Bonchev–Trinajstić information content (AvgIpc) is 1.84. The van der Waals surface area contributed by atoms with Gasteiger partial charge in [0.05, 0.1) is 0 Å². The fraction of sp³-hybridized carbons (Fsp3) is 1.00. The summed E-state index contributed by atoms with van der Waals surface area (Å²) >= 11 is 4.48. The normalized spacial score (nSPS) is 18.8. The van der Waals surface area contributed by atoms with Crippen LogP contribution in [-0.4, -0.2) is 14.5 Å². The third-order valence-electron chi connectivity index (χ3n) is 1.20. The van der Waals surface area contributed by atoms with Crippen LogP contribution in [-0.2, 0) is 9.47 Å². The van der Waals surface area contributed by atoms with Crippen molar-refractivity contribution in [3.05, 3.63) is 0 Å². The summed E-state index contributed by atoms with van der Waals surface area (Å²) in [6.07, 6.45) is 2.03. The van der Waals surface area contributed by atoms with Crippen molar-refractivity contribution < 1.29 is 9.47 Å². The van der Waals surface area contributed by atoms with Crippen LogP contribution in [0.5, 0.6) is 0 Å². The van der Waals surface area contributed by atoms with Gasteiger partial charge in [0.15, 0.2) is 6.29 Å². The summed E-state index contributed by atoms with van der Waals surface area (Å²) in [5.41, 5.74) is 0. The van der Waals surface area contributed by atoms with Gasteiger partial charge in [-0.05, 0) is 20.3 Å². The van der Waals surface area contributed by atoms with Gasteiger partial charge in [-0.1, -0.05) is 58.5 Å².